The fraction of sp³-hybridized carbons (Fsp3) is 0.136. The van der Waals surface area contributed by atoms with Crippen LogP contribution in [0.25, 0.3) is 17.0 Å². The number of hydrogen-bond donors (Lipinski definition) is 2. The van der Waals surface area contributed by atoms with E-state index in [2.05, 4.69) is 10.3 Å². The van der Waals surface area contributed by atoms with Crippen LogP contribution in [0.15, 0.2) is 59.6 Å². The molecule has 8 heteroatoms. The van der Waals surface area contributed by atoms with Gasteiger partial charge in [-0.2, -0.15) is 0 Å². The first-order valence-electron chi connectivity index (χ1n) is 9.34. The molecule has 3 amide bonds. The van der Waals surface area contributed by atoms with Gasteiger partial charge in [0.25, 0.3) is 11.1 Å². The fourth-order valence-corrected chi connectivity index (χ4v) is 4.07. The second kappa shape index (κ2) is 8.54. The molecule has 0 radical (unpaired) electrons. The summed E-state index contributed by atoms with van der Waals surface area (Å²) in [6.07, 6.45) is 3.91. The van der Waals surface area contributed by atoms with Gasteiger partial charge in [-0.25, -0.2) is 4.39 Å². The Morgan fingerprint density at radius 3 is 2.77 bits per heavy atom. The number of fused-ring (bicyclic) bond motifs is 1. The number of imide groups is 1. The van der Waals surface area contributed by atoms with E-state index in [9.17, 15) is 18.8 Å². The Kier molecular flexibility index (Phi) is 5.67. The van der Waals surface area contributed by atoms with Crippen LogP contribution in [0, 0.1) is 5.82 Å². The third kappa shape index (κ3) is 4.28. The molecule has 1 aromatic heterocycles. The number of nitrogens with one attached hydrogen (secondary N) is 2. The predicted octanol–water partition coefficient (Wildman–Crippen LogP) is 3.70. The smallest absolute Gasteiger partial charge is 0.294 e. The molecule has 0 atom stereocenters. The largest absolute Gasteiger partial charge is 0.361 e. The maximum atomic E-state index is 13.5. The van der Waals surface area contributed by atoms with Gasteiger partial charge in [0.2, 0.25) is 5.91 Å². The summed E-state index contributed by atoms with van der Waals surface area (Å²) in [7, 11) is 0. The molecule has 152 valence electrons. The Morgan fingerprint density at radius 2 is 1.97 bits per heavy atom. The lowest BCUT2D eigenvalue weighted by Gasteiger charge is -2.12. The van der Waals surface area contributed by atoms with Crippen molar-refractivity contribution in [3.63, 3.8) is 0 Å². The van der Waals surface area contributed by atoms with Crippen LogP contribution >= 0.6 is 11.8 Å². The zero-order chi connectivity index (χ0) is 21.1. The molecule has 0 spiro atoms. The van der Waals surface area contributed by atoms with Gasteiger partial charge < -0.3 is 10.3 Å². The van der Waals surface area contributed by atoms with Crippen molar-refractivity contribution in [1.82, 2.24) is 15.2 Å². The molecule has 0 aliphatic carbocycles. The van der Waals surface area contributed by atoms with Gasteiger partial charge in [0.05, 0.1) is 4.91 Å². The molecule has 1 aliphatic rings. The van der Waals surface area contributed by atoms with Crippen molar-refractivity contribution in [2.75, 3.05) is 13.1 Å². The summed E-state index contributed by atoms with van der Waals surface area (Å²) in [5.41, 5.74) is 2.50. The number of aromatic amines is 1. The molecule has 1 saturated heterocycles. The highest BCUT2D eigenvalue weighted by atomic mass is 32.2. The van der Waals surface area contributed by atoms with Crippen molar-refractivity contribution in [1.29, 1.82) is 0 Å². The van der Waals surface area contributed by atoms with Gasteiger partial charge in [0.1, 0.15) is 12.4 Å². The molecule has 0 unspecified atom stereocenters. The SMILES string of the molecule is O=C(CN1C(=O)SC(=Cc2ccccc2)C1=O)NCCc1c[nH]c2ccc(F)cc12. The minimum atomic E-state index is -0.476. The molecule has 2 heterocycles. The van der Waals surface area contributed by atoms with Gasteiger partial charge >= 0.3 is 0 Å². The Labute approximate surface area is 176 Å². The number of benzene rings is 2. The van der Waals surface area contributed by atoms with E-state index in [1.54, 1.807) is 18.3 Å². The Morgan fingerprint density at radius 1 is 1.17 bits per heavy atom. The normalized spacial score (nSPS) is 15.4. The monoisotopic (exact) mass is 423 g/mol. The van der Waals surface area contributed by atoms with Crippen molar-refractivity contribution < 1.29 is 18.8 Å². The lowest BCUT2D eigenvalue weighted by Crippen LogP contribution is -2.40. The summed E-state index contributed by atoms with van der Waals surface area (Å²) >= 11 is 0.822. The molecule has 1 aliphatic heterocycles. The van der Waals surface area contributed by atoms with Crippen LogP contribution in [-0.4, -0.2) is 40.0 Å². The molecule has 2 N–H and O–H groups in total. The Hall–Kier alpha value is -3.39. The first-order valence-corrected chi connectivity index (χ1v) is 10.2. The van der Waals surface area contributed by atoms with Crippen LogP contribution in [0.5, 0.6) is 0 Å². The van der Waals surface area contributed by atoms with E-state index in [1.165, 1.54) is 12.1 Å². The number of rotatable bonds is 6. The standard InChI is InChI=1S/C22H18FN3O3S/c23-16-6-7-18-17(11-16)15(12-25-18)8-9-24-20(27)13-26-21(28)19(30-22(26)29)10-14-4-2-1-3-5-14/h1-7,10-12,25H,8-9,13H2,(H,24,27). The molecule has 1 fully saturated rings. The number of hydrogen-bond acceptors (Lipinski definition) is 4. The molecular formula is C22H18FN3O3S. The van der Waals surface area contributed by atoms with Gasteiger partial charge in [-0.05, 0) is 53.6 Å². The van der Waals surface area contributed by atoms with Crippen LogP contribution in [0.3, 0.4) is 0 Å². The molecule has 4 rings (SSSR count). The first kappa shape index (κ1) is 19.9. The summed E-state index contributed by atoms with van der Waals surface area (Å²) in [6.45, 7) is -0.0301. The zero-order valence-electron chi connectivity index (χ0n) is 15.9. The summed E-state index contributed by atoms with van der Waals surface area (Å²) in [5, 5.41) is 3.01. The minimum absolute atomic E-state index is 0.291. The molecule has 0 bridgehead atoms. The molecule has 6 nitrogen and oxygen atoms in total. The highest BCUT2D eigenvalue weighted by Gasteiger charge is 2.36. The van der Waals surface area contributed by atoms with Gasteiger partial charge in [0.15, 0.2) is 0 Å². The molecule has 2 aromatic carbocycles. The maximum Gasteiger partial charge on any atom is 0.294 e. The number of halogens is 1. The van der Waals surface area contributed by atoms with Gasteiger partial charge in [-0.3, -0.25) is 19.3 Å². The number of carbonyl (C=O) groups is 3. The van der Waals surface area contributed by atoms with Crippen molar-refractivity contribution in [2.45, 2.75) is 6.42 Å². The van der Waals surface area contributed by atoms with E-state index >= 15 is 0 Å². The summed E-state index contributed by atoms with van der Waals surface area (Å²) < 4.78 is 13.5. The maximum absolute atomic E-state index is 13.5. The van der Waals surface area contributed by atoms with Gasteiger partial charge in [-0.1, -0.05) is 30.3 Å². The summed E-state index contributed by atoms with van der Waals surface area (Å²) in [4.78, 5) is 41.2. The third-order valence-electron chi connectivity index (χ3n) is 4.72. The van der Waals surface area contributed by atoms with E-state index in [4.69, 9.17) is 0 Å². The van der Waals surface area contributed by atoms with Crippen LogP contribution in [0.1, 0.15) is 11.1 Å². The summed E-state index contributed by atoms with van der Waals surface area (Å²) in [5.74, 6) is -1.23. The van der Waals surface area contributed by atoms with Crippen molar-refractivity contribution in [3.05, 3.63) is 76.6 Å². The van der Waals surface area contributed by atoms with Crippen molar-refractivity contribution in [3.8, 4) is 0 Å². The number of carbonyl (C=O) groups excluding carboxylic acids is 3. The second-order valence-corrected chi connectivity index (χ2v) is 7.78. The minimum Gasteiger partial charge on any atom is -0.361 e. The van der Waals surface area contributed by atoms with Gasteiger partial charge in [0, 0.05) is 23.6 Å². The van der Waals surface area contributed by atoms with Crippen LogP contribution < -0.4 is 5.32 Å². The van der Waals surface area contributed by atoms with Crippen LogP contribution in [0.2, 0.25) is 0 Å². The lowest BCUT2D eigenvalue weighted by atomic mass is 10.1. The van der Waals surface area contributed by atoms with Crippen LogP contribution in [0.4, 0.5) is 9.18 Å². The average molecular weight is 423 g/mol. The van der Waals surface area contributed by atoms with Crippen molar-refractivity contribution in [2.24, 2.45) is 0 Å². The molecule has 30 heavy (non-hydrogen) atoms. The third-order valence-corrected chi connectivity index (χ3v) is 5.63. The predicted molar refractivity (Wildman–Crippen MR) is 114 cm³/mol. The Bertz CT molecular complexity index is 1160. The van der Waals surface area contributed by atoms with E-state index in [-0.39, 0.29) is 12.4 Å². The molecule has 3 aromatic rings. The highest BCUT2D eigenvalue weighted by Crippen LogP contribution is 2.31. The van der Waals surface area contributed by atoms with Crippen molar-refractivity contribution >= 4 is 45.8 Å². The average Bonchev–Trinajstić information content (AvgIpc) is 3.24. The topological polar surface area (TPSA) is 82.3 Å². The summed E-state index contributed by atoms with van der Waals surface area (Å²) in [6, 6.07) is 13.7. The number of thioether (sulfide) groups is 1. The quantitative estimate of drug-likeness (QED) is 0.593. The van der Waals surface area contributed by atoms with Gasteiger partial charge in [-0.15, -0.1) is 0 Å². The number of H-pyrrole nitrogens is 1. The van der Waals surface area contributed by atoms with E-state index < -0.39 is 17.1 Å². The van der Waals surface area contributed by atoms with E-state index in [0.717, 1.165) is 38.7 Å². The number of nitrogens with zero attached hydrogens (tertiary/aromatic N) is 1. The zero-order valence-corrected chi connectivity index (χ0v) is 16.7. The van der Waals surface area contributed by atoms with E-state index in [0.29, 0.717) is 17.9 Å². The Balaban J connectivity index is 1.33. The van der Waals surface area contributed by atoms with E-state index in [1.807, 2.05) is 30.3 Å². The van der Waals surface area contributed by atoms with Crippen LogP contribution in [-0.2, 0) is 16.0 Å². The highest BCUT2D eigenvalue weighted by molar-refractivity contribution is 8.18. The lowest BCUT2D eigenvalue weighted by molar-refractivity contribution is -0.129. The number of aromatic nitrogens is 1. The number of amides is 3. The molecular weight excluding hydrogens is 405 g/mol. The fourth-order valence-electron chi connectivity index (χ4n) is 3.23. The second-order valence-electron chi connectivity index (χ2n) is 6.78. The molecule has 0 saturated carbocycles. The first-order chi connectivity index (χ1) is 14.5.